The first kappa shape index (κ1) is 13.0. The van der Waals surface area contributed by atoms with E-state index < -0.39 is 10.8 Å². The van der Waals surface area contributed by atoms with Crippen molar-refractivity contribution < 1.29 is 23.2 Å². The lowest BCUT2D eigenvalue weighted by molar-refractivity contribution is 0.102. The highest BCUT2D eigenvalue weighted by Crippen LogP contribution is 2.32. The molecule has 18 heavy (non-hydrogen) atoms. The quantitative estimate of drug-likeness (QED) is 0.721. The predicted octanol–water partition coefficient (Wildman–Crippen LogP) is 0.993. The number of hydrogen-bond acceptors (Lipinski definition) is 5. The van der Waals surface area contributed by atoms with Crippen LogP contribution in [0, 0.1) is 0 Å². The van der Waals surface area contributed by atoms with E-state index in [4.69, 9.17) is 14.2 Å². The van der Waals surface area contributed by atoms with Gasteiger partial charge in [0.05, 0.1) is 12.4 Å². The van der Waals surface area contributed by atoms with Gasteiger partial charge in [-0.05, 0) is 18.2 Å². The smallest absolute Gasteiger partial charge is 0.231 e. The van der Waals surface area contributed by atoms with Crippen molar-refractivity contribution in [1.29, 1.82) is 0 Å². The fraction of sp³-hybridized carbons (Fsp3) is 0.417. The number of benzene rings is 1. The van der Waals surface area contributed by atoms with Crippen LogP contribution in [0.1, 0.15) is 10.4 Å². The van der Waals surface area contributed by atoms with Gasteiger partial charge in [0.25, 0.3) is 0 Å². The second-order valence-corrected chi connectivity index (χ2v) is 5.35. The van der Waals surface area contributed by atoms with Crippen LogP contribution in [0.4, 0.5) is 0 Å². The van der Waals surface area contributed by atoms with E-state index in [1.165, 1.54) is 7.11 Å². The Hall–Kier alpha value is -1.40. The predicted molar refractivity (Wildman–Crippen MR) is 66.6 cm³/mol. The Morgan fingerprint density at radius 1 is 1.39 bits per heavy atom. The average Bonchev–Trinajstić information content (AvgIpc) is 2.83. The minimum Gasteiger partial charge on any atom is -0.454 e. The first-order valence-electron chi connectivity index (χ1n) is 5.47. The Morgan fingerprint density at radius 3 is 2.94 bits per heavy atom. The molecule has 0 aliphatic carbocycles. The Morgan fingerprint density at radius 2 is 2.17 bits per heavy atom. The van der Waals surface area contributed by atoms with Gasteiger partial charge in [-0.2, -0.15) is 0 Å². The average molecular weight is 270 g/mol. The van der Waals surface area contributed by atoms with Gasteiger partial charge in [0.2, 0.25) is 6.79 Å². The van der Waals surface area contributed by atoms with E-state index in [0.717, 1.165) is 0 Å². The summed E-state index contributed by atoms with van der Waals surface area (Å²) in [5.41, 5.74) is 0.491. The molecule has 0 radical (unpaired) electrons. The molecule has 2 rings (SSSR count). The third-order valence-electron chi connectivity index (χ3n) is 2.50. The lowest BCUT2D eigenvalue weighted by atomic mass is 10.1. The van der Waals surface area contributed by atoms with Crippen LogP contribution in [-0.2, 0) is 15.5 Å². The lowest BCUT2D eigenvalue weighted by Gasteiger charge is -2.03. The second-order valence-electron chi connectivity index (χ2n) is 3.77. The van der Waals surface area contributed by atoms with Gasteiger partial charge >= 0.3 is 0 Å². The number of hydrogen-bond donors (Lipinski definition) is 0. The molecule has 5 nitrogen and oxygen atoms in total. The molecule has 1 aliphatic heterocycles. The second kappa shape index (κ2) is 5.97. The molecule has 1 heterocycles. The minimum atomic E-state index is -1.20. The van der Waals surface area contributed by atoms with Crippen LogP contribution >= 0.6 is 0 Å². The minimum absolute atomic E-state index is 0.00298. The van der Waals surface area contributed by atoms with E-state index in [1.54, 1.807) is 18.2 Å². The molecule has 0 bridgehead atoms. The zero-order valence-corrected chi connectivity index (χ0v) is 10.8. The summed E-state index contributed by atoms with van der Waals surface area (Å²) >= 11 is 0. The highest BCUT2D eigenvalue weighted by Gasteiger charge is 2.17. The van der Waals surface area contributed by atoms with Gasteiger partial charge in [0.15, 0.2) is 17.3 Å². The fourth-order valence-corrected chi connectivity index (χ4v) is 2.50. The van der Waals surface area contributed by atoms with Gasteiger partial charge in [0, 0.05) is 29.2 Å². The van der Waals surface area contributed by atoms with Crippen LogP contribution in [0.2, 0.25) is 0 Å². The lowest BCUT2D eigenvalue weighted by Crippen LogP contribution is -2.15. The highest BCUT2D eigenvalue weighted by molar-refractivity contribution is 7.85. The molecule has 0 spiro atoms. The zero-order chi connectivity index (χ0) is 13.0. The van der Waals surface area contributed by atoms with Gasteiger partial charge in [-0.3, -0.25) is 9.00 Å². The molecule has 0 fully saturated rings. The van der Waals surface area contributed by atoms with Gasteiger partial charge < -0.3 is 14.2 Å². The summed E-state index contributed by atoms with van der Waals surface area (Å²) in [4.78, 5) is 11.9. The molecule has 1 aromatic carbocycles. The normalized spacial score (nSPS) is 14.5. The van der Waals surface area contributed by atoms with Crippen molar-refractivity contribution >= 4 is 16.6 Å². The third-order valence-corrected chi connectivity index (χ3v) is 3.71. The first-order valence-corrected chi connectivity index (χ1v) is 6.96. The number of methoxy groups -OCH3 is 1. The molecular weight excluding hydrogens is 256 g/mol. The van der Waals surface area contributed by atoms with Gasteiger partial charge in [0.1, 0.15) is 0 Å². The first-order chi connectivity index (χ1) is 8.70. The van der Waals surface area contributed by atoms with Crippen LogP contribution < -0.4 is 9.47 Å². The largest absolute Gasteiger partial charge is 0.454 e. The van der Waals surface area contributed by atoms with E-state index >= 15 is 0 Å². The zero-order valence-electron chi connectivity index (χ0n) is 10.0. The van der Waals surface area contributed by atoms with Crippen molar-refractivity contribution in [2.24, 2.45) is 0 Å². The Kier molecular flexibility index (Phi) is 4.33. The maximum Gasteiger partial charge on any atom is 0.231 e. The van der Waals surface area contributed by atoms with Crippen LogP contribution in [0.25, 0.3) is 0 Å². The van der Waals surface area contributed by atoms with Crippen LogP contribution in [0.3, 0.4) is 0 Å². The number of ether oxygens (including phenoxy) is 3. The summed E-state index contributed by atoms with van der Waals surface area (Å²) < 4.78 is 26.7. The molecule has 6 heteroatoms. The van der Waals surface area contributed by atoms with Crippen LogP contribution in [0.15, 0.2) is 18.2 Å². The Labute approximate surface area is 107 Å². The van der Waals surface area contributed by atoms with Gasteiger partial charge in [-0.25, -0.2) is 0 Å². The van der Waals surface area contributed by atoms with Crippen molar-refractivity contribution in [3.63, 3.8) is 0 Å². The molecule has 1 atom stereocenters. The Bertz CT molecular complexity index is 472. The molecule has 0 aromatic heterocycles. The van der Waals surface area contributed by atoms with Crippen molar-refractivity contribution in [3.05, 3.63) is 23.8 Å². The standard InChI is InChI=1S/C12H14O5S/c1-15-4-5-18(14)7-10(13)9-2-3-11-12(6-9)17-8-16-11/h2-3,6H,4-5,7-8H2,1H3. The van der Waals surface area contributed by atoms with E-state index in [9.17, 15) is 9.00 Å². The van der Waals surface area contributed by atoms with E-state index in [2.05, 4.69) is 0 Å². The van der Waals surface area contributed by atoms with Crippen LogP contribution in [0.5, 0.6) is 11.5 Å². The van der Waals surface area contributed by atoms with E-state index in [1.807, 2.05) is 0 Å². The number of carbonyl (C=O) groups is 1. The summed E-state index contributed by atoms with van der Waals surface area (Å²) in [7, 11) is 0.343. The van der Waals surface area contributed by atoms with E-state index in [0.29, 0.717) is 29.4 Å². The molecule has 0 saturated carbocycles. The maximum atomic E-state index is 11.9. The van der Waals surface area contributed by atoms with Crippen molar-refractivity contribution in [2.45, 2.75) is 0 Å². The molecular formula is C12H14O5S. The van der Waals surface area contributed by atoms with E-state index in [-0.39, 0.29) is 18.3 Å². The highest BCUT2D eigenvalue weighted by atomic mass is 32.2. The number of carbonyl (C=O) groups excluding carboxylic acids is 1. The number of rotatable bonds is 6. The Balaban J connectivity index is 1.99. The van der Waals surface area contributed by atoms with Crippen LogP contribution in [-0.4, -0.2) is 42.0 Å². The summed E-state index contributed by atoms with van der Waals surface area (Å²) in [5.74, 6) is 1.40. The molecule has 0 N–H and O–H groups in total. The molecule has 0 amide bonds. The summed E-state index contributed by atoms with van der Waals surface area (Å²) in [6.45, 7) is 0.563. The fourth-order valence-electron chi connectivity index (χ4n) is 1.55. The van der Waals surface area contributed by atoms with Gasteiger partial charge in [-0.15, -0.1) is 0 Å². The topological polar surface area (TPSA) is 61.8 Å². The van der Waals surface area contributed by atoms with Crippen molar-refractivity contribution in [3.8, 4) is 11.5 Å². The van der Waals surface area contributed by atoms with Crippen molar-refractivity contribution in [2.75, 3.05) is 32.0 Å². The molecule has 1 unspecified atom stereocenters. The summed E-state index contributed by atoms with van der Waals surface area (Å²) in [6.07, 6.45) is 0. The SMILES string of the molecule is COCCS(=O)CC(=O)c1ccc2c(c1)OCO2. The number of fused-ring (bicyclic) bond motifs is 1. The maximum absolute atomic E-state index is 11.9. The third kappa shape index (κ3) is 3.08. The summed E-state index contributed by atoms with van der Waals surface area (Å²) in [5, 5.41) is 0. The molecule has 1 aliphatic rings. The monoisotopic (exact) mass is 270 g/mol. The molecule has 1 aromatic rings. The number of ketones is 1. The molecule has 98 valence electrons. The van der Waals surface area contributed by atoms with Crippen molar-refractivity contribution in [1.82, 2.24) is 0 Å². The molecule has 0 saturated heterocycles. The number of Topliss-reactive ketones (excluding diaryl/α,β-unsaturated/α-hetero) is 1. The summed E-state index contributed by atoms with van der Waals surface area (Å²) in [6, 6.07) is 4.97. The van der Waals surface area contributed by atoms with Gasteiger partial charge in [-0.1, -0.05) is 0 Å².